The molecule has 1 atom stereocenters. The van der Waals surface area contributed by atoms with Crippen LogP contribution in [0.1, 0.15) is 33.3 Å². The molecule has 4 rings (SSSR count). The molecule has 1 amide bonds. The summed E-state index contributed by atoms with van der Waals surface area (Å²) < 4.78 is 32.1. The molecule has 1 unspecified atom stereocenters. The van der Waals surface area contributed by atoms with Crippen molar-refractivity contribution in [1.29, 1.82) is 0 Å². The van der Waals surface area contributed by atoms with Gasteiger partial charge in [0.05, 0.1) is 23.4 Å². The molecule has 3 aromatic rings. The molecule has 0 saturated carbocycles. The number of nitrogens with zero attached hydrogens (tertiary/aromatic N) is 3. The van der Waals surface area contributed by atoms with E-state index >= 15 is 0 Å². The van der Waals surface area contributed by atoms with Crippen LogP contribution >= 0.6 is 11.3 Å². The number of benzene rings is 1. The number of aromatic nitrogens is 2. The van der Waals surface area contributed by atoms with Crippen molar-refractivity contribution in [2.75, 3.05) is 20.2 Å². The first-order valence-electron chi connectivity index (χ1n) is 9.17. The molecule has 1 fully saturated rings. The largest absolute Gasteiger partial charge is 0.496 e. The molecule has 8 heteroatoms. The van der Waals surface area contributed by atoms with Gasteiger partial charge in [-0.1, -0.05) is 0 Å². The summed E-state index contributed by atoms with van der Waals surface area (Å²) in [7, 11) is 1.50. The molecular weight excluding hydrogens is 396 g/mol. The van der Waals surface area contributed by atoms with Crippen molar-refractivity contribution in [2.24, 2.45) is 0 Å². The molecule has 0 aliphatic carbocycles. The Morgan fingerprint density at radius 3 is 2.90 bits per heavy atom. The van der Waals surface area contributed by atoms with Gasteiger partial charge in [0.2, 0.25) is 5.95 Å². The molecule has 150 valence electrons. The Morgan fingerprint density at radius 2 is 2.14 bits per heavy atom. The van der Waals surface area contributed by atoms with Crippen LogP contribution in [-0.4, -0.2) is 41.0 Å². The highest BCUT2D eigenvalue weighted by Crippen LogP contribution is 2.36. The minimum Gasteiger partial charge on any atom is -0.496 e. The Labute approximate surface area is 171 Å². The van der Waals surface area contributed by atoms with Crippen molar-refractivity contribution in [2.45, 2.75) is 19.3 Å². The lowest BCUT2D eigenvalue weighted by Gasteiger charge is -2.16. The number of hydrogen-bond acceptors (Lipinski definition) is 5. The summed E-state index contributed by atoms with van der Waals surface area (Å²) in [6.45, 7) is 2.74. The maximum Gasteiger partial charge on any atom is 0.255 e. The third kappa shape index (κ3) is 3.85. The van der Waals surface area contributed by atoms with E-state index in [-0.39, 0.29) is 17.6 Å². The van der Waals surface area contributed by atoms with Crippen LogP contribution in [0.5, 0.6) is 5.75 Å². The molecule has 1 aliphatic heterocycles. The number of amides is 1. The van der Waals surface area contributed by atoms with Gasteiger partial charge < -0.3 is 9.64 Å². The quantitative estimate of drug-likeness (QED) is 0.592. The Balaban J connectivity index is 1.50. The van der Waals surface area contributed by atoms with Gasteiger partial charge in [-0.05, 0) is 31.5 Å². The second-order valence-electron chi connectivity index (χ2n) is 6.98. The highest BCUT2D eigenvalue weighted by molar-refractivity contribution is 7.10. The van der Waals surface area contributed by atoms with Gasteiger partial charge in [-0.3, -0.25) is 4.79 Å². The Bertz CT molecular complexity index is 1070. The minimum atomic E-state index is -0.563. The normalized spacial score (nSPS) is 16.3. The summed E-state index contributed by atoms with van der Waals surface area (Å²) in [5.41, 5.74) is 2.20. The maximum absolute atomic E-state index is 13.4. The van der Waals surface area contributed by atoms with Crippen LogP contribution in [0.15, 0.2) is 35.8 Å². The van der Waals surface area contributed by atoms with E-state index in [1.807, 2.05) is 5.38 Å². The zero-order valence-corrected chi connectivity index (χ0v) is 16.8. The molecule has 1 aliphatic rings. The van der Waals surface area contributed by atoms with Crippen LogP contribution in [0, 0.1) is 18.7 Å². The second-order valence-corrected chi connectivity index (χ2v) is 7.87. The summed E-state index contributed by atoms with van der Waals surface area (Å²) in [5, 5.41) is 2.85. The molecule has 1 aromatic carbocycles. The van der Waals surface area contributed by atoms with Gasteiger partial charge in [0, 0.05) is 47.8 Å². The van der Waals surface area contributed by atoms with Crippen molar-refractivity contribution in [1.82, 2.24) is 14.9 Å². The standard InChI is InChI=1S/C21H19F2N3O2S/c1-12-7-14(9-24-19(12)23)21(27)26-6-5-13(10-26)20-25-17(11-29-20)16-4-3-15(22)8-18(16)28-2/h3-4,7-9,11,13H,5-6,10H2,1-2H3. The van der Waals surface area contributed by atoms with E-state index in [9.17, 15) is 13.6 Å². The van der Waals surface area contributed by atoms with Crippen LogP contribution in [0.25, 0.3) is 11.3 Å². The van der Waals surface area contributed by atoms with E-state index < -0.39 is 5.95 Å². The Morgan fingerprint density at radius 1 is 1.31 bits per heavy atom. The summed E-state index contributed by atoms with van der Waals surface area (Å²) >= 11 is 1.52. The summed E-state index contributed by atoms with van der Waals surface area (Å²) in [4.78, 5) is 22.8. The van der Waals surface area contributed by atoms with Crippen molar-refractivity contribution in [3.05, 3.63) is 63.7 Å². The zero-order chi connectivity index (χ0) is 20.5. The molecule has 5 nitrogen and oxygen atoms in total. The molecule has 0 spiro atoms. The smallest absolute Gasteiger partial charge is 0.255 e. The molecule has 0 bridgehead atoms. The number of carbonyl (C=O) groups is 1. The molecule has 0 radical (unpaired) electrons. The third-order valence-corrected chi connectivity index (χ3v) is 6.05. The lowest BCUT2D eigenvalue weighted by molar-refractivity contribution is 0.0790. The molecule has 29 heavy (non-hydrogen) atoms. The first kappa shape index (κ1) is 19.4. The van der Waals surface area contributed by atoms with Crippen molar-refractivity contribution >= 4 is 17.2 Å². The fraction of sp³-hybridized carbons (Fsp3) is 0.286. The Kier molecular flexibility index (Phi) is 5.27. The number of carbonyl (C=O) groups excluding carboxylic acids is 1. The predicted octanol–water partition coefficient (Wildman–Crippen LogP) is 4.43. The van der Waals surface area contributed by atoms with Crippen LogP contribution in [0.2, 0.25) is 0 Å². The summed E-state index contributed by atoms with van der Waals surface area (Å²) in [6.07, 6.45) is 2.08. The average Bonchev–Trinajstić information content (AvgIpc) is 3.39. The van der Waals surface area contributed by atoms with E-state index in [4.69, 9.17) is 9.72 Å². The van der Waals surface area contributed by atoms with E-state index in [0.29, 0.717) is 30.0 Å². The lowest BCUT2D eigenvalue weighted by Crippen LogP contribution is -2.28. The number of ether oxygens (including phenoxy) is 1. The average molecular weight is 415 g/mol. The van der Waals surface area contributed by atoms with Crippen molar-refractivity contribution in [3.8, 4) is 17.0 Å². The number of rotatable bonds is 4. The van der Waals surface area contributed by atoms with Crippen molar-refractivity contribution in [3.63, 3.8) is 0 Å². The minimum absolute atomic E-state index is 0.124. The summed E-state index contributed by atoms with van der Waals surface area (Å²) in [6, 6.07) is 5.90. The van der Waals surface area contributed by atoms with Gasteiger partial charge in [-0.2, -0.15) is 4.39 Å². The number of hydrogen-bond donors (Lipinski definition) is 0. The molecular formula is C21H19F2N3O2S. The number of aryl methyl sites for hydroxylation is 1. The first-order valence-corrected chi connectivity index (χ1v) is 10.0. The lowest BCUT2D eigenvalue weighted by atomic mass is 10.1. The van der Waals surface area contributed by atoms with Crippen LogP contribution in [-0.2, 0) is 0 Å². The number of pyridine rings is 1. The van der Waals surface area contributed by atoms with Gasteiger partial charge in [-0.15, -0.1) is 11.3 Å². The highest BCUT2D eigenvalue weighted by atomic mass is 32.1. The number of likely N-dealkylation sites (tertiary alicyclic amines) is 1. The number of methoxy groups -OCH3 is 1. The zero-order valence-electron chi connectivity index (χ0n) is 16.0. The van der Waals surface area contributed by atoms with Crippen LogP contribution < -0.4 is 4.74 Å². The molecule has 0 N–H and O–H groups in total. The molecule has 1 saturated heterocycles. The molecule has 2 aromatic heterocycles. The Hall–Kier alpha value is -2.87. The van der Waals surface area contributed by atoms with Gasteiger partial charge in [-0.25, -0.2) is 14.4 Å². The number of halogens is 2. The van der Waals surface area contributed by atoms with E-state index in [1.165, 1.54) is 42.8 Å². The second kappa shape index (κ2) is 7.87. The van der Waals surface area contributed by atoms with Crippen LogP contribution in [0.4, 0.5) is 8.78 Å². The van der Waals surface area contributed by atoms with Gasteiger partial charge in [0.15, 0.2) is 0 Å². The van der Waals surface area contributed by atoms with E-state index in [2.05, 4.69) is 4.98 Å². The van der Waals surface area contributed by atoms with Gasteiger partial charge >= 0.3 is 0 Å². The maximum atomic E-state index is 13.4. The highest BCUT2D eigenvalue weighted by Gasteiger charge is 2.30. The first-order chi connectivity index (χ1) is 14.0. The fourth-order valence-corrected chi connectivity index (χ4v) is 4.43. The van der Waals surface area contributed by atoms with E-state index in [1.54, 1.807) is 17.9 Å². The summed E-state index contributed by atoms with van der Waals surface area (Å²) in [5.74, 6) is -0.521. The monoisotopic (exact) mass is 415 g/mol. The topological polar surface area (TPSA) is 55.3 Å². The SMILES string of the molecule is COc1cc(F)ccc1-c1csc(C2CCN(C(=O)c3cnc(F)c(C)c3)C2)n1. The third-order valence-electron chi connectivity index (χ3n) is 5.05. The van der Waals surface area contributed by atoms with E-state index in [0.717, 1.165) is 22.7 Å². The fourth-order valence-electron chi connectivity index (χ4n) is 3.48. The van der Waals surface area contributed by atoms with Crippen molar-refractivity contribution < 1.29 is 18.3 Å². The van der Waals surface area contributed by atoms with Gasteiger partial charge in [0.1, 0.15) is 11.6 Å². The molecule has 3 heterocycles. The van der Waals surface area contributed by atoms with Crippen LogP contribution in [0.3, 0.4) is 0 Å². The van der Waals surface area contributed by atoms with Gasteiger partial charge in [0.25, 0.3) is 5.91 Å². The predicted molar refractivity (Wildman–Crippen MR) is 106 cm³/mol. The number of thiazole rings is 1.